The number of ether oxygens (including phenoxy) is 2. The van der Waals surface area contributed by atoms with Gasteiger partial charge >= 0.3 is 0 Å². The average molecular weight is 226 g/mol. The molecule has 0 radical (unpaired) electrons. The molecule has 0 unspecified atom stereocenters. The number of hydrogen-bond donors (Lipinski definition) is 2. The maximum atomic E-state index is 5.87. The molecular formula is C10H18N4O2. The summed E-state index contributed by atoms with van der Waals surface area (Å²) in [5.41, 5.74) is 6.30. The maximum absolute atomic E-state index is 5.87. The Morgan fingerprint density at radius 1 is 1.31 bits per heavy atom. The molecule has 16 heavy (non-hydrogen) atoms. The van der Waals surface area contributed by atoms with Crippen LogP contribution in [0, 0.1) is 6.92 Å². The third-order valence-electron chi connectivity index (χ3n) is 1.89. The van der Waals surface area contributed by atoms with Gasteiger partial charge in [0.15, 0.2) is 5.82 Å². The van der Waals surface area contributed by atoms with Crippen LogP contribution in [0.5, 0.6) is 5.88 Å². The number of methoxy groups -OCH3 is 1. The van der Waals surface area contributed by atoms with Crippen molar-refractivity contribution in [2.75, 3.05) is 37.9 Å². The molecule has 90 valence electrons. The number of anilines is 2. The third kappa shape index (κ3) is 3.23. The summed E-state index contributed by atoms with van der Waals surface area (Å²) in [7, 11) is 1.61. The summed E-state index contributed by atoms with van der Waals surface area (Å²) in [5, 5.41) is 3.06. The molecule has 1 aromatic rings. The molecule has 0 spiro atoms. The molecule has 0 aliphatic rings. The first-order valence-electron chi connectivity index (χ1n) is 5.18. The Labute approximate surface area is 95.2 Å². The summed E-state index contributed by atoms with van der Waals surface area (Å²) < 4.78 is 10.3. The molecule has 1 heterocycles. The topological polar surface area (TPSA) is 82.3 Å². The van der Waals surface area contributed by atoms with Crippen molar-refractivity contribution in [2.45, 2.75) is 13.8 Å². The summed E-state index contributed by atoms with van der Waals surface area (Å²) in [6, 6.07) is 0. The number of nitrogens with zero attached hydrogens (tertiary/aromatic N) is 2. The first kappa shape index (κ1) is 12.5. The van der Waals surface area contributed by atoms with Gasteiger partial charge in [0.25, 0.3) is 0 Å². The van der Waals surface area contributed by atoms with Crippen LogP contribution in [0.3, 0.4) is 0 Å². The molecule has 0 aliphatic carbocycles. The minimum atomic E-state index is 0.403. The van der Waals surface area contributed by atoms with E-state index >= 15 is 0 Å². The molecule has 0 amide bonds. The second-order valence-corrected chi connectivity index (χ2v) is 3.21. The highest BCUT2D eigenvalue weighted by Gasteiger charge is 2.10. The Morgan fingerprint density at radius 2 is 2.06 bits per heavy atom. The standard InChI is InChI=1S/C10H18N4O2/c1-4-12-9-8(11)10(14-7(2)13-9)16-6-5-15-3/h4-6,11H2,1-3H3,(H,12,13,14). The highest BCUT2D eigenvalue weighted by atomic mass is 16.5. The highest BCUT2D eigenvalue weighted by molar-refractivity contribution is 5.66. The summed E-state index contributed by atoms with van der Waals surface area (Å²) in [5.74, 6) is 1.64. The second-order valence-electron chi connectivity index (χ2n) is 3.21. The largest absolute Gasteiger partial charge is 0.474 e. The molecule has 0 saturated carbocycles. The van der Waals surface area contributed by atoms with E-state index in [9.17, 15) is 0 Å². The van der Waals surface area contributed by atoms with Gasteiger partial charge in [-0.15, -0.1) is 0 Å². The van der Waals surface area contributed by atoms with Gasteiger partial charge in [-0.2, -0.15) is 4.98 Å². The monoisotopic (exact) mass is 226 g/mol. The molecule has 0 saturated heterocycles. The van der Waals surface area contributed by atoms with E-state index in [1.807, 2.05) is 6.92 Å². The van der Waals surface area contributed by atoms with Crippen molar-refractivity contribution in [3.05, 3.63) is 5.82 Å². The summed E-state index contributed by atoms with van der Waals surface area (Å²) in [6.45, 7) is 5.44. The van der Waals surface area contributed by atoms with E-state index in [4.69, 9.17) is 15.2 Å². The van der Waals surface area contributed by atoms with Gasteiger partial charge in [-0.05, 0) is 13.8 Å². The van der Waals surface area contributed by atoms with Crippen LogP contribution in [0.2, 0.25) is 0 Å². The molecule has 3 N–H and O–H groups in total. The smallest absolute Gasteiger partial charge is 0.242 e. The number of nitrogens with two attached hydrogens (primary N) is 1. The lowest BCUT2D eigenvalue weighted by Gasteiger charge is -2.12. The zero-order valence-electron chi connectivity index (χ0n) is 9.91. The highest BCUT2D eigenvalue weighted by Crippen LogP contribution is 2.25. The van der Waals surface area contributed by atoms with Crippen LogP contribution in [0.4, 0.5) is 11.5 Å². The summed E-state index contributed by atoms with van der Waals surface area (Å²) >= 11 is 0. The van der Waals surface area contributed by atoms with Gasteiger partial charge in [0.05, 0.1) is 6.61 Å². The minimum Gasteiger partial charge on any atom is -0.474 e. The Balaban J connectivity index is 2.81. The molecule has 6 heteroatoms. The van der Waals surface area contributed by atoms with Crippen molar-refractivity contribution < 1.29 is 9.47 Å². The summed E-state index contributed by atoms with van der Waals surface area (Å²) in [4.78, 5) is 8.33. The van der Waals surface area contributed by atoms with Gasteiger partial charge in [0.2, 0.25) is 5.88 Å². The van der Waals surface area contributed by atoms with Crippen LogP contribution >= 0.6 is 0 Å². The van der Waals surface area contributed by atoms with Crippen molar-refractivity contribution in [1.29, 1.82) is 0 Å². The molecule has 1 rings (SSSR count). The molecule has 0 aliphatic heterocycles. The average Bonchev–Trinajstić information content (AvgIpc) is 2.25. The molecule has 6 nitrogen and oxygen atoms in total. The Hall–Kier alpha value is -1.56. The van der Waals surface area contributed by atoms with Gasteiger partial charge in [0, 0.05) is 13.7 Å². The van der Waals surface area contributed by atoms with Crippen LogP contribution in [0.25, 0.3) is 0 Å². The van der Waals surface area contributed by atoms with Crippen molar-refractivity contribution in [3.8, 4) is 5.88 Å². The Bertz CT molecular complexity index is 344. The molecule has 0 bridgehead atoms. The second kappa shape index (κ2) is 6.12. The first-order chi connectivity index (χ1) is 7.69. The number of nitrogens with one attached hydrogen (secondary N) is 1. The van der Waals surface area contributed by atoms with E-state index in [-0.39, 0.29) is 0 Å². The fraction of sp³-hybridized carbons (Fsp3) is 0.600. The van der Waals surface area contributed by atoms with Crippen molar-refractivity contribution in [1.82, 2.24) is 9.97 Å². The van der Waals surface area contributed by atoms with Crippen LogP contribution in [-0.2, 0) is 4.74 Å². The van der Waals surface area contributed by atoms with Gasteiger partial charge in [0.1, 0.15) is 18.1 Å². The number of rotatable bonds is 6. The molecule has 0 fully saturated rings. The normalized spacial score (nSPS) is 10.2. The lowest BCUT2D eigenvalue weighted by atomic mass is 10.4. The van der Waals surface area contributed by atoms with Crippen LogP contribution < -0.4 is 15.8 Å². The van der Waals surface area contributed by atoms with Crippen LogP contribution in [0.1, 0.15) is 12.7 Å². The number of aromatic nitrogens is 2. The van der Waals surface area contributed by atoms with E-state index < -0.39 is 0 Å². The van der Waals surface area contributed by atoms with Crippen molar-refractivity contribution in [2.24, 2.45) is 0 Å². The number of nitrogen functional groups attached to an aromatic ring is 1. The predicted octanol–water partition coefficient (Wildman–Crippen LogP) is 0.824. The zero-order valence-corrected chi connectivity index (χ0v) is 9.91. The quantitative estimate of drug-likeness (QED) is 0.699. The van der Waals surface area contributed by atoms with E-state index in [0.29, 0.717) is 36.4 Å². The van der Waals surface area contributed by atoms with Gasteiger partial charge in [-0.1, -0.05) is 0 Å². The van der Waals surface area contributed by atoms with E-state index in [0.717, 1.165) is 6.54 Å². The Morgan fingerprint density at radius 3 is 2.69 bits per heavy atom. The van der Waals surface area contributed by atoms with Gasteiger partial charge in [-0.25, -0.2) is 4.98 Å². The van der Waals surface area contributed by atoms with E-state index in [2.05, 4.69) is 15.3 Å². The van der Waals surface area contributed by atoms with E-state index in [1.165, 1.54) is 0 Å². The van der Waals surface area contributed by atoms with Gasteiger partial charge in [-0.3, -0.25) is 0 Å². The van der Waals surface area contributed by atoms with Crippen molar-refractivity contribution in [3.63, 3.8) is 0 Å². The van der Waals surface area contributed by atoms with Crippen LogP contribution in [0.15, 0.2) is 0 Å². The minimum absolute atomic E-state index is 0.403. The number of aryl methyl sites for hydroxylation is 1. The molecular weight excluding hydrogens is 208 g/mol. The lowest BCUT2D eigenvalue weighted by Crippen LogP contribution is -2.11. The fourth-order valence-electron chi connectivity index (χ4n) is 1.19. The van der Waals surface area contributed by atoms with Crippen molar-refractivity contribution >= 4 is 11.5 Å². The lowest BCUT2D eigenvalue weighted by molar-refractivity contribution is 0.144. The number of hydrogen-bond acceptors (Lipinski definition) is 6. The van der Waals surface area contributed by atoms with Crippen LogP contribution in [-0.4, -0.2) is 36.8 Å². The third-order valence-corrected chi connectivity index (χ3v) is 1.89. The molecule has 0 aromatic carbocycles. The van der Waals surface area contributed by atoms with Gasteiger partial charge < -0.3 is 20.5 Å². The Kier molecular flexibility index (Phi) is 4.78. The fourth-order valence-corrected chi connectivity index (χ4v) is 1.19. The van der Waals surface area contributed by atoms with E-state index in [1.54, 1.807) is 14.0 Å². The predicted molar refractivity (Wildman–Crippen MR) is 62.7 cm³/mol. The zero-order chi connectivity index (χ0) is 12.0. The molecule has 0 atom stereocenters. The molecule has 1 aromatic heterocycles. The SMILES string of the molecule is CCNc1nc(C)nc(OCCOC)c1N. The first-order valence-corrected chi connectivity index (χ1v) is 5.18. The maximum Gasteiger partial charge on any atom is 0.242 e. The summed E-state index contributed by atoms with van der Waals surface area (Å²) in [6.07, 6.45) is 0.